The van der Waals surface area contributed by atoms with E-state index in [-0.39, 0.29) is 5.56 Å². The van der Waals surface area contributed by atoms with Crippen molar-refractivity contribution in [3.05, 3.63) is 46.4 Å². The monoisotopic (exact) mass is 189 g/mol. The van der Waals surface area contributed by atoms with Gasteiger partial charge in [-0.1, -0.05) is 0 Å². The van der Waals surface area contributed by atoms with Crippen LogP contribution in [-0.4, -0.2) is 9.78 Å². The summed E-state index contributed by atoms with van der Waals surface area (Å²) in [5.74, 6) is 0. The lowest BCUT2D eigenvalue weighted by Gasteiger charge is -2.04. The Hall–Kier alpha value is -1.97. The quantitative estimate of drug-likeness (QED) is 0.659. The smallest absolute Gasteiger partial charge is 0.264 e. The fourth-order valence-electron chi connectivity index (χ4n) is 1.38. The van der Waals surface area contributed by atoms with Crippen LogP contribution in [0.3, 0.4) is 0 Å². The molecule has 0 amide bonds. The number of H-pyrrole nitrogens is 1. The summed E-state index contributed by atoms with van der Waals surface area (Å²) in [4.78, 5) is 11.1. The lowest BCUT2D eigenvalue weighted by molar-refractivity contribution is 0.834. The van der Waals surface area contributed by atoms with Crippen molar-refractivity contribution < 1.29 is 0 Å². The fourth-order valence-corrected chi connectivity index (χ4v) is 1.38. The van der Waals surface area contributed by atoms with Gasteiger partial charge in [-0.15, -0.1) is 0 Å². The highest BCUT2D eigenvalue weighted by Gasteiger charge is 2.00. The van der Waals surface area contributed by atoms with Crippen LogP contribution in [0.25, 0.3) is 5.69 Å². The van der Waals surface area contributed by atoms with Gasteiger partial charge >= 0.3 is 0 Å². The minimum atomic E-state index is -0.0978. The SMILES string of the molecule is Cc1cc(=O)[nH]n1-c1ccc(N)cc1. The van der Waals surface area contributed by atoms with E-state index in [4.69, 9.17) is 5.73 Å². The number of aromatic amines is 1. The van der Waals surface area contributed by atoms with Crippen LogP contribution >= 0.6 is 0 Å². The number of aryl methyl sites for hydroxylation is 1. The van der Waals surface area contributed by atoms with Crippen LogP contribution in [0.1, 0.15) is 5.69 Å². The van der Waals surface area contributed by atoms with E-state index in [1.807, 2.05) is 19.1 Å². The number of anilines is 1. The Morgan fingerprint density at radius 2 is 1.93 bits per heavy atom. The molecule has 0 aliphatic rings. The molecule has 0 saturated carbocycles. The molecular weight excluding hydrogens is 178 g/mol. The average Bonchev–Trinajstić information content (AvgIpc) is 2.47. The number of hydrogen-bond donors (Lipinski definition) is 2. The molecule has 1 aromatic carbocycles. The number of nitrogen functional groups attached to an aromatic ring is 1. The van der Waals surface area contributed by atoms with Gasteiger partial charge in [0.1, 0.15) is 0 Å². The number of aromatic nitrogens is 2. The van der Waals surface area contributed by atoms with Gasteiger partial charge in [-0.25, -0.2) is 0 Å². The van der Waals surface area contributed by atoms with Crippen LogP contribution in [0.15, 0.2) is 35.1 Å². The predicted molar refractivity (Wildman–Crippen MR) is 55.5 cm³/mol. The largest absolute Gasteiger partial charge is 0.399 e. The minimum absolute atomic E-state index is 0.0978. The van der Waals surface area contributed by atoms with Crippen molar-refractivity contribution in [2.75, 3.05) is 5.73 Å². The van der Waals surface area contributed by atoms with Gasteiger partial charge < -0.3 is 5.73 Å². The molecule has 0 fully saturated rings. The highest BCUT2D eigenvalue weighted by molar-refractivity contribution is 5.45. The number of benzene rings is 1. The molecule has 72 valence electrons. The molecule has 14 heavy (non-hydrogen) atoms. The first kappa shape index (κ1) is 8.62. The highest BCUT2D eigenvalue weighted by atomic mass is 16.1. The normalized spacial score (nSPS) is 10.4. The summed E-state index contributed by atoms with van der Waals surface area (Å²) in [6.07, 6.45) is 0. The first-order valence-corrected chi connectivity index (χ1v) is 4.31. The summed E-state index contributed by atoms with van der Waals surface area (Å²) in [5.41, 5.74) is 7.95. The third kappa shape index (κ3) is 1.42. The minimum Gasteiger partial charge on any atom is -0.399 e. The van der Waals surface area contributed by atoms with Gasteiger partial charge in [-0.3, -0.25) is 14.6 Å². The van der Waals surface area contributed by atoms with Crippen molar-refractivity contribution in [3.63, 3.8) is 0 Å². The first-order valence-electron chi connectivity index (χ1n) is 4.31. The maximum absolute atomic E-state index is 11.1. The van der Waals surface area contributed by atoms with Gasteiger partial charge in [0.15, 0.2) is 0 Å². The van der Waals surface area contributed by atoms with Crippen molar-refractivity contribution in [2.24, 2.45) is 0 Å². The van der Waals surface area contributed by atoms with E-state index in [2.05, 4.69) is 5.10 Å². The topological polar surface area (TPSA) is 63.8 Å². The lowest BCUT2D eigenvalue weighted by atomic mass is 10.3. The average molecular weight is 189 g/mol. The predicted octanol–water partition coefficient (Wildman–Crippen LogP) is 1.06. The number of nitrogens with one attached hydrogen (secondary N) is 1. The Morgan fingerprint density at radius 3 is 2.43 bits per heavy atom. The molecule has 1 aromatic heterocycles. The second kappa shape index (κ2) is 3.06. The summed E-state index contributed by atoms with van der Waals surface area (Å²) in [6.45, 7) is 1.87. The van der Waals surface area contributed by atoms with E-state index < -0.39 is 0 Å². The zero-order valence-corrected chi connectivity index (χ0v) is 7.82. The van der Waals surface area contributed by atoms with Crippen LogP contribution in [0.2, 0.25) is 0 Å². The number of nitrogens with zero attached hydrogens (tertiary/aromatic N) is 1. The van der Waals surface area contributed by atoms with Crippen molar-refractivity contribution in [3.8, 4) is 5.69 Å². The van der Waals surface area contributed by atoms with Gasteiger partial charge in [0.25, 0.3) is 5.56 Å². The van der Waals surface area contributed by atoms with Crippen LogP contribution in [-0.2, 0) is 0 Å². The summed E-state index contributed by atoms with van der Waals surface area (Å²) in [6, 6.07) is 8.87. The van der Waals surface area contributed by atoms with Crippen LogP contribution < -0.4 is 11.3 Å². The van der Waals surface area contributed by atoms with E-state index in [9.17, 15) is 4.79 Å². The van der Waals surface area contributed by atoms with Crippen LogP contribution in [0, 0.1) is 6.92 Å². The van der Waals surface area contributed by atoms with Gasteiger partial charge in [0.2, 0.25) is 0 Å². The standard InChI is InChI=1S/C10H11N3O/c1-7-6-10(14)12-13(7)9-4-2-8(11)3-5-9/h2-6H,11H2,1H3,(H,12,14). The van der Waals surface area contributed by atoms with E-state index in [1.54, 1.807) is 22.9 Å². The molecule has 1 heterocycles. The van der Waals surface area contributed by atoms with Gasteiger partial charge in [0, 0.05) is 17.4 Å². The molecule has 2 rings (SSSR count). The Kier molecular flexibility index (Phi) is 1.89. The van der Waals surface area contributed by atoms with Crippen molar-refractivity contribution in [1.29, 1.82) is 0 Å². The molecule has 2 aromatic rings. The maximum Gasteiger partial charge on any atom is 0.264 e. The van der Waals surface area contributed by atoms with E-state index in [0.717, 1.165) is 11.4 Å². The molecule has 3 N–H and O–H groups in total. The Balaban J connectivity index is 2.54. The molecule has 0 saturated heterocycles. The molecule has 0 bridgehead atoms. The van der Waals surface area contributed by atoms with E-state index >= 15 is 0 Å². The third-order valence-electron chi connectivity index (χ3n) is 2.07. The van der Waals surface area contributed by atoms with Crippen molar-refractivity contribution in [1.82, 2.24) is 9.78 Å². The summed E-state index contributed by atoms with van der Waals surface area (Å²) < 4.78 is 1.72. The molecular formula is C10H11N3O. The van der Waals surface area contributed by atoms with Crippen molar-refractivity contribution >= 4 is 5.69 Å². The van der Waals surface area contributed by atoms with E-state index in [1.165, 1.54) is 0 Å². The van der Waals surface area contributed by atoms with Gasteiger partial charge in [-0.05, 0) is 31.2 Å². The molecule has 0 aliphatic heterocycles. The van der Waals surface area contributed by atoms with Crippen LogP contribution in [0.5, 0.6) is 0 Å². The number of nitrogens with two attached hydrogens (primary N) is 1. The molecule has 4 nitrogen and oxygen atoms in total. The lowest BCUT2D eigenvalue weighted by Crippen LogP contribution is -2.04. The zero-order valence-electron chi connectivity index (χ0n) is 7.82. The van der Waals surface area contributed by atoms with Gasteiger partial charge in [0.05, 0.1) is 5.69 Å². The molecule has 4 heteroatoms. The molecule has 0 spiro atoms. The first-order chi connectivity index (χ1) is 6.66. The zero-order chi connectivity index (χ0) is 10.1. The van der Waals surface area contributed by atoms with Crippen LogP contribution in [0.4, 0.5) is 5.69 Å². The molecule has 0 aliphatic carbocycles. The Labute approximate surface area is 81.0 Å². The van der Waals surface area contributed by atoms with Gasteiger partial charge in [-0.2, -0.15) is 0 Å². The number of hydrogen-bond acceptors (Lipinski definition) is 2. The Morgan fingerprint density at radius 1 is 1.29 bits per heavy atom. The van der Waals surface area contributed by atoms with E-state index in [0.29, 0.717) is 5.69 Å². The number of rotatable bonds is 1. The summed E-state index contributed by atoms with van der Waals surface area (Å²) >= 11 is 0. The molecule has 0 radical (unpaired) electrons. The summed E-state index contributed by atoms with van der Waals surface area (Å²) in [5, 5.41) is 2.70. The third-order valence-corrected chi connectivity index (χ3v) is 2.07. The van der Waals surface area contributed by atoms with Crippen molar-refractivity contribution in [2.45, 2.75) is 6.92 Å². The second-order valence-corrected chi connectivity index (χ2v) is 3.19. The molecule has 0 unspecified atom stereocenters. The maximum atomic E-state index is 11.1. The summed E-state index contributed by atoms with van der Waals surface area (Å²) in [7, 11) is 0. The second-order valence-electron chi connectivity index (χ2n) is 3.19. The Bertz CT molecular complexity index is 493. The fraction of sp³-hybridized carbons (Fsp3) is 0.100. The highest BCUT2D eigenvalue weighted by Crippen LogP contribution is 2.10. The molecule has 0 atom stereocenters.